The number of nitrogens with zero attached hydrogens (tertiary/aromatic N) is 4. The van der Waals surface area contributed by atoms with Gasteiger partial charge in [0.1, 0.15) is 0 Å². The van der Waals surface area contributed by atoms with Gasteiger partial charge in [-0.25, -0.2) is 0 Å². The maximum Gasteiger partial charge on any atom is 0.0892 e. The second-order valence-corrected chi connectivity index (χ2v) is 3.77. The first kappa shape index (κ1) is 10.5. The van der Waals surface area contributed by atoms with E-state index in [4.69, 9.17) is 0 Å². The molecule has 4 heteroatoms. The lowest BCUT2D eigenvalue weighted by Crippen LogP contribution is -1.83. The van der Waals surface area contributed by atoms with E-state index in [2.05, 4.69) is 19.9 Å². The average molecular weight is 234 g/mol. The molecule has 0 bridgehead atoms. The number of hydrogen-bond donors (Lipinski definition) is 0. The van der Waals surface area contributed by atoms with Crippen LogP contribution in [0.5, 0.6) is 0 Å². The number of hydrogen-bond acceptors (Lipinski definition) is 4. The van der Waals surface area contributed by atoms with Gasteiger partial charge in [0, 0.05) is 24.8 Å². The Morgan fingerprint density at radius 3 is 2.44 bits per heavy atom. The Labute approximate surface area is 104 Å². The summed E-state index contributed by atoms with van der Waals surface area (Å²) in [6.07, 6.45) is 12.3. The van der Waals surface area contributed by atoms with Gasteiger partial charge in [0.2, 0.25) is 0 Å². The minimum Gasteiger partial charge on any atom is -0.261 e. The smallest absolute Gasteiger partial charge is 0.0892 e. The van der Waals surface area contributed by atoms with Crippen LogP contribution in [0.15, 0.2) is 49.2 Å². The lowest BCUT2D eigenvalue weighted by Gasteiger charge is -1.97. The molecule has 0 saturated heterocycles. The highest BCUT2D eigenvalue weighted by molar-refractivity contribution is 5.79. The van der Waals surface area contributed by atoms with E-state index < -0.39 is 0 Å². The fourth-order valence-electron chi connectivity index (χ4n) is 1.66. The zero-order valence-corrected chi connectivity index (χ0v) is 9.56. The Morgan fingerprint density at radius 1 is 0.778 bits per heavy atom. The van der Waals surface area contributed by atoms with Crippen molar-refractivity contribution in [3.63, 3.8) is 0 Å². The zero-order valence-electron chi connectivity index (χ0n) is 9.56. The van der Waals surface area contributed by atoms with E-state index in [-0.39, 0.29) is 0 Å². The van der Waals surface area contributed by atoms with Crippen molar-refractivity contribution in [3.05, 3.63) is 60.4 Å². The molecule has 2 heterocycles. The van der Waals surface area contributed by atoms with Crippen molar-refractivity contribution in [2.75, 3.05) is 0 Å². The molecular formula is C14H10N4. The topological polar surface area (TPSA) is 51.6 Å². The van der Waals surface area contributed by atoms with Crippen molar-refractivity contribution in [1.29, 1.82) is 0 Å². The Morgan fingerprint density at radius 2 is 1.61 bits per heavy atom. The minimum atomic E-state index is 0.830. The molecule has 0 amide bonds. The fourth-order valence-corrected chi connectivity index (χ4v) is 1.66. The summed E-state index contributed by atoms with van der Waals surface area (Å²) < 4.78 is 0. The summed E-state index contributed by atoms with van der Waals surface area (Å²) in [5.74, 6) is 0. The quantitative estimate of drug-likeness (QED) is 0.683. The zero-order chi connectivity index (χ0) is 12.2. The van der Waals surface area contributed by atoms with Crippen molar-refractivity contribution in [2.24, 2.45) is 0 Å². The highest BCUT2D eigenvalue weighted by Crippen LogP contribution is 2.13. The predicted octanol–water partition coefficient (Wildman–Crippen LogP) is 2.59. The van der Waals surface area contributed by atoms with Crippen LogP contribution in [0.25, 0.3) is 23.2 Å². The third kappa shape index (κ3) is 2.22. The molecule has 0 atom stereocenters. The maximum absolute atomic E-state index is 4.27. The summed E-state index contributed by atoms with van der Waals surface area (Å²) in [4.78, 5) is 16.7. The fraction of sp³-hybridized carbons (Fsp3) is 0. The molecule has 4 nitrogen and oxygen atoms in total. The number of fused-ring (bicyclic) bond motifs is 1. The van der Waals surface area contributed by atoms with Crippen LogP contribution in [0.1, 0.15) is 11.3 Å². The van der Waals surface area contributed by atoms with E-state index >= 15 is 0 Å². The SMILES string of the molecule is C(=Cc1cnccn1)c1ccc2nccnc2c1. The van der Waals surface area contributed by atoms with Crippen molar-refractivity contribution in [1.82, 2.24) is 19.9 Å². The van der Waals surface area contributed by atoms with Crippen molar-refractivity contribution >= 4 is 23.2 Å². The number of aromatic nitrogens is 4. The summed E-state index contributed by atoms with van der Waals surface area (Å²) in [6.45, 7) is 0. The van der Waals surface area contributed by atoms with Crippen molar-refractivity contribution in [3.8, 4) is 0 Å². The molecule has 1 aromatic carbocycles. The second kappa shape index (κ2) is 4.71. The lowest BCUT2D eigenvalue weighted by atomic mass is 10.1. The molecule has 0 saturated carbocycles. The standard InChI is InChI=1S/C14H10N4/c1(3-12-10-15-5-6-16-12)11-2-4-13-14(9-11)18-8-7-17-13/h1-10H. The highest BCUT2D eigenvalue weighted by atomic mass is 14.8. The van der Waals surface area contributed by atoms with E-state index in [1.54, 1.807) is 31.0 Å². The van der Waals surface area contributed by atoms with Crippen molar-refractivity contribution < 1.29 is 0 Å². The number of benzene rings is 1. The van der Waals surface area contributed by atoms with Crippen LogP contribution in [0.2, 0.25) is 0 Å². The monoisotopic (exact) mass is 234 g/mol. The van der Waals surface area contributed by atoms with Crippen LogP contribution in [-0.2, 0) is 0 Å². The van der Waals surface area contributed by atoms with Gasteiger partial charge in [0.15, 0.2) is 0 Å². The Kier molecular flexibility index (Phi) is 2.75. The summed E-state index contributed by atoms with van der Waals surface area (Å²) in [7, 11) is 0. The normalized spacial score (nSPS) is 11.1. The van der Waals surface area contributed by atoms with E-state index in [0.29, 0.717) is 0 Å². The van der Waals surface area contributed by atoms with Crippen molar-refractivity contribution in [2.45, 2.75) is 0 Å². The van der Waals surface area contributed by atoms with Crippen LogP contribution in [0.3, 0.4) is 0 Å². The van der Waals surface area contributed by atoms with Gasteiger partial charge in [-0.1, -0.05) is 12.1 Å². The lowest BCUT2D eigenvalue weighted by molar-refractivity contribution is 1.18. The third-order valence-electron chi connectivity index (χ3n) is 2.52. The molecular weight excluding hydrogens is 224 g/mol. The van der Waals surface area contributed by atoms with Crippen LogP contribution < -0.4 is 0 Å². The first-order valence-electron chi connectivity index (χ1n) is 5.57. The van der Waals surface area contributed by atoms with E-state index in [9.17, 15) is 0 Å². The van der Waals surface area contributed by atoms with Gasteiger partial charge in [-0.3, -0.25) is 19.9 Å². The Bertz CT molecular complexity index is 692. The summed E-state index contributed by atoms with van der Waals surface area (Å²) in [5.41, 5.74) is 3.68. The summed E-state index contributed by atoms with van der Waals surface area (Å²) in [6, 6.07) is 5.96. The van der Waals surface area contributed by atoms with Gasteiger partial charge in [0.05, 0.1) is 22.9 Å². The molecule has 0 fully saturated rings. The van der Waals surface area contributed by atoms with E-state index in [0.717, 1.165) is 22.3 Å². The molecule has 0 aliphatic rings. The summed E-state index contributed by atoms with van der Waals surface area (Å²) in [5, 5.41) is 0. The van der Waals surface area contributed by atoms with Gasteiger partial charge in [-0.2, -0.15) is 0 Å². The Hall–Kier alpha value is -2.62. The van der Waals surface area contributed by atoms with Crippen LogP contribution in [0.4, 0.5) is 0 Å². The Balaban J connectivity index is 1.93. The van der Waals surface area contributed by atoms with Crippen LogP contribution in [-0.4, -0.2) is 19.9 Å². The molecule has 0 unspecified atom stereocenters. The van der Waals surface area contributed by atoms with E-state index in [1.165, 1.54) is 0 Å². The minimum absolute atomic E-state index is 0.830. The second-order valence-electron chi connectivity index (χ2n) is 3.77. The molecule has 3 rings (SSSR count). The first-order valence-corrected chi connectivity index (χ1v) is 5.57. The van der Waals surface area contributed by atoms with Gasteiger partial charge in [0.25, 0.3) is 0 Å². The maximum atomic E-state index is 4.27. The average Bonchev–Trinajstić information content (AvgIpc) is 2.46. The van der Waals surface area contributed by atoms with Gasteiger partial charge < -0.3 is 0 Å². The highest BCUT2D eigenvalue weighted by Gasteiger charge is 1.95. The molecule has 18 heavy (non-hydrogen) atoms. The molecule has 86 valence electrons. The molecule has 0 radical (unpaired) electrons. The van der Waals surface area contributed by atoms with E-state index in [1.807, 2.05) is 30.4 Å². The molecule has 0 aliphatic carbocycles. The van der Waals surface area contributed by atoms with Gasteiger partial charge in [-0.05, 0) is 23.8 Å². The number of rotatable bonds is 2. The molecule has 2 aromatic heterocycles. The first-order chi connectivity index (χ1) is 8.92. The van der Waals surface area contributed by atoms with Gasteiger partial charge in [-0.15, -0.1) is 0 Å². The molecule has 3 aromatic rings. The molecule has 0 aliphatic heterocycles. The predicted molar refractivity (Wildman–Crippen MR) is 70.5 cm³/mol. The van der Waals surface area contributed by atoms with Crippen LogP contribution in [0, 0.1) is 0 Å². The largest absolute Gasteiger partial charge is 0.261 e. The summed E-state index contributed by atoms with van der Waals surface area (Å²) >= 11 is 0. The third-order valence-corrected chi connectivity index (χ3v) is 2.52. The molecule has 0 N–H and O–H groups in total. The van der Waals surface area contributed by atoms with Crippen LogP contribution >= 0.6 is 0 Å². The van der Waals surface area contributed by atoms with Gasteiger partial charge >= 0.3 is 0 Å². The molecule has 0 spiro atoms.